The molecule has 0 fully saturated rings. The van der Waals surface area contributed by atoms with Crippen molar-refractivity contribution < 1.29 is 9.84 Å². The van der Waals surface area contributed by atoms with Gasteiger partial charge in [-0.05, 0) is 13.0 Å². The van der Waals surface area contributed by atoms with E-state index in [0.29, 0.717) is 12.3 Å². The van der Waals surface area contributed by atoms with Crippen LogP contribution in [0.4, 0.5) is 0 Å². The van der Waals surface area contributed by atoms with E-state index in [2.05, 4.69) is 10.3 Å². The van der Waals surface area contributed by atoms with E-state index in [1.165, 1.54) is 0 Å². The Morgan fingerprint density at radius 3 is 2.89 bits per heavy atom. The van der Waals surface area contributed by atoms with Crippen LogP contribution < -0.4 is 14.9 Å². The fourth-order valence-electron chi connectivity index (χ4n) is 1.79. The second kappa shape index (κ2) is 5.90. The number of methoxy groups -OCH3 is 1. The number of phenolic OH excluding ortho intramolecular Hbond substituents is 1. The van der Waals surface area contributed by atoms with E-state index < -0.39 is 0 Å². The first kappa shape index (κ1) is 13.6. The molecule has 0 bridgehead atoms. The number of H-pyrrole nitrogens is 1. The maximum Gasteiger partial charge on any atom is 0.304 e. The molecule has 0 aliphatic heterocycles. The summed E-state index contributed by atoms with van der Waals surface area (Å²) < 4.78 is 5.04. The van der Waals surface area contributed by atoms with Crippen molar-refractivity contribution in [2.75, 3.05) is 7.11 Å². The molecule has 1 heterocycles. The summed E-state index contributed by atoms with van der Waals surface area (Å²) in [5.41, 5.74) is 1.63. The molecule has 0 amide bonds. The number of aromatic hydroxyl groups is 1. The molecule has 0 saturated carbocycles. The average molecular weight is 280 g/mol. The minimum atomic E-state index is -0.0586. The van der Waals surface area contributed by atoms with E-state index in [9.17, 15) is 9.90 Å². The molecule has 1 atom stereocenters. The van der Waals surface area contributed by atoms with Gasteiger partial charge in [-0.25, -0.2) is 0 Å². The van der Waals surface area contributed by atoms with Crippen molar-refractivity contribution in [1.82, 2.24) is 10.3 Å². The van der Waals surface area contributed by atoms with Gasteiger partial charge in [0.2, 0.25) is 0 Å². The van der Waals surface area contributed by atoms with Crippen molar-refractivity contribution in [1.29, 1.82) is 0 Å². The maximum absolute atomic E-state index is 11.0. The summed E-state index contributed by atoms with van der Waals surface area (Å²) in [5.74, 6) is 0.814. The van der Waals surface area contributed by atoms with Gasteiger partial charge in [-0.3, -0.25) is 4.79 Å². The molecule has 102 valence electrons. The predicted octanol–water partition coefficient (Wildman–Crippen LogP) is 2.00. The third-order valence-corrected chi connectivity index (χ3v) is 3.59. The molecular weight excluding hydrogens is 264 g/mol. The highest BCUT2D eigenvalue weighted by Gasteiger charge is 2.11. The molecule has 0 spiro atoms. The number of hydrogen-bond acceptors (Lipinski definition) is 5. The quantitative estimate of drug-likeness (QED) is 0.783. The van der Waals surface area contributed by atoms with Crippen LogP contribution in [0.15, 0.2) is 28.4 Å². The normalized spacial score (nSPS) is 12.3. The first-order valence-electron chi connectivity index (χ1n) is 5.87. The van der Waals surface area contributed by atoms with Gasteiger partial charge in [0, 0.05) is 35.3 Å². The summed E-state index contributed by atoms with van der Waals surface area (Å²) in [7, 11) is 1.56. The lowest BCUT2D eigenvalue weighted by atomic mass is 10.1. The molecule has 6 heteroatoms. The Bertz CT molecular complexity index is 606. The molecule has 3 N–H and O–H groups in total. The molecule has 0 radical (unpaired) electrons. The van der Waals surface area contributed by atoms with Crippen molar-refractivity contribution in [2.45, 2.75) is 19.5 Å². The Balaban J connectivity index is 2.03. The van der Waals surface area contributed by atoms with E-state index in [0.717, 1.165) is 22.6 Å². The van der Waals surface area contributed by atoms with Crippen LogP contribution >= 0.6 is 11.3 Å². The largest absolute Gasteiger partial charge is 0.507 e. The second-order valence-corrected chi connectivity index (χ2v) is 5.04. The van der Waals surface area contributed by atoms with Gasteiger partial charge in [0.15, 0.2) is 0 Å². The summed E-state index contributed by atoms with van der Waals surface area (Å²) in [4.78, 5) is 13.7. The second-order valence-electron chi connectivity index (χ2n) is 4.20. The zero-order valence-corrected chi connectivity index (χ0v) is 11.6. The van der Waals surface area contributed by atoms with Crippen LogP contribution in [0, 0.1) is 0 Å². The van der Waals surface area contributed by atoms with Crippen molar-refractivity contribution in [3.8, 4) is 11.5 Å². The number of aromatic nitrogens is 1. The Kier molecular flexibility index (Phi) is 4.24. The average Bonchev–Trinajstić information content (AvgIpc) is 2.81. The van der Waals surface area contributed by atoms with Gasteiger partial charge in [0.1, 0.15) is 11.5 Å². The van der Waals surface area contributed by atoms with Gasteiger partial charge < -0.3 is 20.1 Å². The smallest absolute Gasteiger partial charge is 0.304 e. The summed E-state index contributed by atoms with van der Waals surface area (Å²) in [6, 6.07) is 5.18. The van der Waals surface area contributed by atoms with Gasteiger partial charge in [-0.15, -0.1) is 0 Å². The maximum atomic E-state index is 11.0. The molecule has 0 aliphatic carbocycles. The van der Waals surface area contributed by atoms with Crippen LogP contribution in [0.25, 0.3) is 0 Å². The number of aromatic amines is 1. The minimum Gasteiger partial charge on any atom is -0.507 e. The minimum absolute atomic E-state index is 0.0330. The Hall–Kier alpha value is -1.79. The number of nitrogens with one attached hydrogen (secondary N) is 2. The lowest BCUT2D eigenvalue weighted by molar-refractivity contribution is 0.404. The molecule has 1 unspecified atom stereocenters. The van der Waals surface area contributed by atoms with Crippen LogP contribution in [0.2, 0.25) is 0 Å². The molecule has 0 aliphatic rings. The van der Waals surface area contributed by atoms with E-state index in [4.69, 9.17) is 4.74 Å². The zero-order valence-electron chi connectivity index (χ0n) is 10.8. The SMILES string of the molecule is COc1ccc(C(C)NCc2csc(=O)[nH]2)c(O)c1. The van der Waals surface area contributed by atoms with Gasteiger partial charge in [-0.2, -0.15) is 0 Å². The third-order valence-electron chi connectivity index (χ3n) is 2.87. The number of benzene rings is 1. The van der Waals surface area contributed by atoms with Crippen LogP contribution in [0.3, 0.4) is 0 Å². The molecular formula is C13H16N2O3S. The summed E-state index contributed by atoms with van der Waals surface area (Å²) in [5, 5.41) is 14.9. The van der Waals surface area contributed by atoms with Gasteiger partial charge in [0.05, 0.1) is 7.11 Å². The molecule has 0 saturated heterocycles. The summed E-state index contributed by atoms with van der Waals surface area (Å²) in [6.07, 6.45) is 0. The number of hydrogen-bond donors (Lipinski definition) is 3. The van der Waals surface area contributed by atoms with Gasteiger partial charge in [-0.1, -0.05) is 17.4 Å². The summed E-state index contributed by atoms with van der Waals surface area (Å²) in [6.45, 7) is 2.50. The monoisotopic (exact) mass is 280 g/mol. The van der Waals surface area contributed by atoms with Crippen LogP contribution in [-0.2, 0) is 6.54 Å². The highest BCUT2D eigenvalue weighted by atomic mass is 32.1. The van der Waals surface area contributed by atoms with E-state index in [1.807, 2.05) is 13.0 Å². The van der Waals surface area contributed by atoms with E-state index in [1.54, 1.807) is 24.6 Å². The molecule has 2 rings (SSSR count). The zero-order chi connectivity index (χ0) is 13.8. The van der Waals surface area contributed by atoms with Gasteiger partial charge >= 0.3 is 4.87 Å². The Labute approximate surface area is 114 Å². The van der Waals surface area contributed by atoms with E-state index >= 15 is 0 Å². The molecule has 2 aromatic rings. The number of rotatable bonds is 5. The van der Waals surface area contributed by atoms with Crippen LogP contribution in [0.5, 0.6) is 11.5 Å². The fourth-order valence-corrected chi connectivity index (χ4v) is 2.37. The number of phenols is 1. The molecule has 5 nitrogen and oxygen atoms in total. The topological polar surface area (TPSA) is 74.3 Å². The number of ether oxygens (including phenoxy) is 1. The third kappa shape index (κ3) is 3.36. The first-order chi connectivity index (χ1) is 9.10. The highest BCUT2D eigenvalue weighted by molar-refractivity contribution is 7.07. The van der Waals surface area contributed by atoms with Crippen molar-refractivity contribution in [2.24, 2.45) is 0 Å². The van der Waals surface area contributed by atoms with Crippen molar-refractivity contribution >= 4 is 11.3 Å². The van der Waals surface area contributed by atoms with Gasteiger partial charge in [0.25, 0.3) is 0 Å². The molecule has 1 aromatic carbocycles. The Morgan fingerprint density at radius 2 is 2.32 bits per heavy atom. The lowest BCUT2D eigenvalue weighted by Crippen LogP contribution is -2.18. The predicted molar refractivity (Wildman–Crippen MR) is 74.9 cm³/mol. The highest BCUT2D eigenvalue weighted by Crippen LogP contribution is 2.28. The fraction of sp³-hybridized carbons (Fsp3) is 0.308. The standard InChI is InChI=1S/C13H16N2O3S/c1-8(14-6-9-7-19-13(17)15-9)11-4-3-10(18-2)5-12(11)16/h3-5,7-8,14,16H,6H2,1-2H3,(H,15,17). The van der Waals surface area contributed by atoms with Crippen LogP contribution in [0.1, 0.15) is 24.2 Å². The first-order valence-corrected chi connectivity index (χ1v) is 6.75. The number of thiazole rings is 1. The van der Waals surface area contributed by atoms with E-state index in [-0.39, 0.29) is 16.7 Å². The summed E-state index contributed by atoms with van der Waals surface area (Å²) >= 11 is 1.14. The van der Waals surface area contributed by atoms with Crippen molar-refractivity contribution in [3.05, 3.63) is 44.5 Å². The lowest BCUT2D eigenvalue weighted by Gasteiger charge is -2.15. The molecule has 1 aromatic heterocycles. The van der Waals surface area contributed by atoms with Crippen molar-refractivity contribution in [3.63, 3.8) is 0 Å². The van der Waals surface area contributed by atoms with Crippen LogP contribution in [-0.4, -0.2) is 17.2 Å². The Morgan fingerprint density at radius 1 is 1.53 bits per heavy atom. The molecule has 19 heavy (non-hydrogen) atoms.